The highest BCUT2D eigenvalue weighted by Gasteiger charge is 2.25. The number of nitrogens with one attached hydrogen (secondary N) is 1. The van der Waals surface area contributed by atoms with Gasteiger partial charge in [-0.1, -0.05) is 41.6 Å². The molecular weight excluding hydrogens is 416 g/mol. The molecule has 0 aliphatic carbocycles. The first-order valence-electron chi connectivity index (χ1n) is 10.9. The highest BCUT2D eigenvalue weighted by Crippen LogP contribution is 2.41. The summed E-state index contributed by atoms with van der Waals surface area (Å²) >= 11 is 1.56. The first-order valence-corrected chi connectivity index (χ1v) is 11.7. The molecule has 1 aliphatic heterocycles. The second kappa shape index (κ2) is 9.21. The molecule has 32 heavy (non-hydrogen) atoms. The summed E-state index contributed by atoms with van der Waals surface area (Å²) in [6.45, 7) is 7.03. The molecular formula is C27H28N2O2S. The largest absolute Gasteiger partial charge is 0.352 e. The molecule has 3 aromatic rings. The number of carbonyl (C=O) groups excluding carboxylic acids is 2. The number of fused-ring (bicyclic) bond motifs is 2. The van der Waals surface area contributed by atoms with E-state index in [1.165, 1.54) is 22.3 Å². The van der Waals surface area contributed by atoms with E-state index in [4.69, 9.17) is 0 Å². The Balaban J connectivity index is 1.43. The van der Waals surface area contributed by atoms with Crippen LogP contribution in [0.5, 0.6) is 0 Å². The van der Waals surface area contributed by atoms with E-state index in [1.807, 2.05) is 42.5 Å². The van der Waals surface area contributed by atoms with Crippen molar-refractivity contribution in [3.05, 3.63) is 88.0 Å². The SMILES string of the molecule is Cc1cc(C)c(CCCNC(=O)c2ccc3c(c2)N(C)C(=O)c2ccccc2S3)c(C)c1. The predicted octanol–water partition coefficient (Wildman–Crippen LogP) is 5.72. The maximum atomic E-state index is 12.9. The van der Waals surface area contributed by atoms with Crippen LogP contribution in [0.1, 0.15) is 49.4 Å². The number of hydrogen-bond donors (Lipinski definition) is 1. The van der Waals surface area contributed by atoms with E-state index in [1.54, 1.807) is 23.7 Å². The van der Waals surface area contributed by atoms with Crippen LogP contribution in [0, 0.1) is 20.8 Å². The number of anilines is 1. The van der Waals surface area contributed by atoms with Gasteiger partial charge in [-0.15, -0.1) is 0 Å². The molecule has 0 atom stereocenters. The molecule has 1 aliphatic rings. The predicted molar refractivity (Wildman–Crippen MR) is 131 cm³/mol. The van der Waals surface area contributed by atoms with Gasteiger partial charge in [-0.3, -0.25) is 9.59 Å². The topological polar surface area (TPSA) is 49.4 Å². The van der Waals surface area contributed by atoms with Gasteiger partial charge < -0.3 is 10.2 Å². The minimum atomic E-state index is -0.113. The van der Waals surface area contributed by atoms with Crippen molar-refractivity contribution >= 4 is 29.3 Å². The van der Waals surface area contributed by atoms with Gasteiger partial charge in [0, 0.05) is 28.9 Å². The lowest BCUT2D eigenvalue weighted by Crippen LogP contribution is -2.27. The quantitative estimate of drug-likeness (QED) is 0.513. The molecule has 0 fully saturated rings. The van der Waals surface area contributed by atoms with Crippen molar-refractivity contribution in [2.45, 2.75) is 43.4 Å². The zero-order valence-electron chi connectivity index (χ0n) is 19.0. The van der Waals surface area contributed by atoms with Gasteiger partial charge in [0.2, 0.25) is 0 Å². The number of nitrogens with zero attached hydrogens (tertiary/aromatic N) is 1. The van der Waals surface area contributed by atoms with E-state index in [9.17, 15) is 9.59 Å². The summed E-state index contributed by atoms with van der Waals surface area (Å²) in [5.41, 5.74) is 7.28. The Labute approximate surface area is 194 Å². The number of aryl methyl sites for hydroxylation is 3. The standard InChI is InChI=1S/C27H28N2O2S/c1-17-14-18(2)21(19(3)15-17)9-7-13-28-26(30)20-11-12-25-23(16-20)29(4)27(31)22-8-5-6-10-24(22)32-25/h5-6,8,10-12,14-16H,7,9,13H2,1-4H3,(H,28,30). The summed E-state index contributed by atoms with van der Waals surface area (Å²) in [6.07, 6.45) is 1.82. The third kappa shape index (κ3) is 4.44. The van der Waals surface area contributed by atoms with E-state index in [0.29, 0.717) is 17.7 Å². The van der Waals surface area contributed by atoms with Gasteiger partial charge in [0.1, 0.15) is 0 Å². The zero-order valence-corrected chi connectivity index (χ0v) is 19.8. The van der Waals surface area contributed by atoms with E-state index < -0.39 is 0 Å². The normalized spacial score (nSPS) is 12.8. The van der Waals surface area contributed by atoms with Crippen molar-refractivity contribution in [3.63, 3.8) is 0 Å². The van der Waals surface area contributed by atoms with Crippen LogP contribution in [-0.2, 0) is 6.42 Å². The summed E-state index contributed by atoms with van der Waals surface area (Å²) in [4.78, 5) is 29.2. The van der Waals surface area contributed by atoms with Crippen LogP contribution in [0.3, 0.4) is 0 Å². The molecule has 4 rings (SSSR count). The summed E-state index contributed by atoms with van der Waals surface area (Å²) in [5.74, 6) is -0.175. The van der Waals surface area contributed by atoms with Gasteiger partial charge in [-0.05, 0) is 80.6 Å². The Kier molecular flexibility index (Phi) is 6.38. The first-order chi connectivity index (χ1) is 15.3. The molecule has 0 saturated heterocycles. The molecule has 0 radical (unpaired) electrons. The number of carbonyl (C=O) groups is 2. The lowest BCUT2D eigenvalue weighted by molar-refractivity contribution is 0.0950. The van der Waals surface area contributed by atoms with E-state index >= 15 is 0 Å². The van der Waals surface area contributed by atoms with Crippen LogP contribution in [0.4, 0.5) is 5.69 Å². The van der Waals surface area contributed by atoms with Gasteiger partial charge >= 0.3 is 0 Å². The van der Waals surface area contributed by atoms with Gasteiger partial charge in [-0.25, -0.2) is 0 Å². The second-order valence-corrected chi connectivity index (χ2v) is 9.47. The van der Waals surface area contributed by atoms with Gasteiger partial charge in [-0.2, -0.15) is 0 Å². The Morgan fingerprint density at radius 2 is 1.69 bits per heavy atom. The first kappa shape index (κ1) is 22.2. The maximum Gasteiger partial charge on any atom is 0.259 e. The molecule has 0 saturated carbocycles. The number of amides is 2. The third-order valence-corrected chi connectivity index (χ3v) is 7.10. The monoisotopic (exact) mass is 444 g/mol. The third-order valence-electron chi connectivity index (χ3n) is 5.95. The lowest BCUT2D eigenvalue weighted by Gasteiger charge is -2.18. The Hall–Kier alpha value is -3.05. The molecule has 4 nitrogen and oxygen atoms in total. The highest BCUT2D eigenvalue weighted by atomic mass is 32.2. The summed E-state index contributed by atoms with van der Waals surface area (Å²) in [6, 6.07) is 17.6. The van der Waals surface area contributed by atoms with E-state index in [0.717, 1.165) is 28.3 Å². The average Bonchev–Trinajstić information content (AvgIpc) is 2.87. The highest BCUT2D eigenvalue weighted by molar-refractivity contribution is 7.99. The fourth-order valence-corrected chi connectivity index (χ4v) is 5.41. The minimum Gasteiger partial charge on any atom is -0.352 e. The average molecular weight is 445 g/mol. The number of benzene rings is 3. The fourth-order valence-electron chi connectivity index (χ4n) is 4.32. The number of hydrogen-bond acceptors (Lipinski definition) is 3. The van der Waals surface area contributed by atoms with Crippen LogP contribution in [0.15, 0.2) is 64.4 Å². The molecule has 1 heterocycles. The molecule has 0 spiro atoms. The molecule has 0 aromatic heterocycles. The van der Waals surface area contributed by atoms with Gasteiger partial charge in [0.15, 0.2) is 0 Å². The van der Waals surface area contributed by atoms with Crippen LogP contribution in [-0.4, -0.2) is 25.4 Å². The van der Waals surface area contributed by atoms with Crippen molar-refractivity contribution < 1.29 is 9.59 Å². The fraction of sp³-hybridized carbons (Fsp3) is 0.259. The van der Waals surface area contributed by atoms with Crippen molar-refractivity contribution in [2.24, 2.45) is 0 Å². The van der Waals surface area contributed by atoms with Gasteiger partial charge in [0.25, 0.3) is 11.8 Å². The van der Waals surface area contributed by atoms with Crippen LogP contribution in [0.2, 0.25) is 0 Å². The van der Waals surface area contributed by atoms with Crippen molar-refractivity contribution in [1.82, 2.24) is 5.32 Å². The lowest BCUT2D eigenvalue weighted by atomic mass is 9.96. The molecule has 0 bridgehead atoms. The second-order valence-electron chi connectivity index (χ2n) is 8.38. The Bertz CT molecular complexity index is 1180. The maximum absolute atomic E-state index is 12.9. The number of rotatable bonds is 5. The van der Waals surface area contributed by atoms with Crippen molar-refractivity contribution in [3.8, 4) is 0 Å². The summed E-state index contributed by atoms with van der Waals surface area (Å²) in [5, 5.41) is 3.04. The molecule has 1 N–H and O–H groups in total. The van der Waals surface area contributed by atoms with Crippen LogP contribution in [0.25, 0.3) is 0 Å². The summed E-state index contributed by atoms with van der Waals surface area (Å²) < 4.78 is 0. The smallest absolute Gasteiger partial charge is 0.259 e. The Morgan fingerprint density at radius 1 is 0.969 bits per heavy atom. The summed E-state index contributed by atoms with van der Waals surface area (Å²) in [7, 11) is 1.76. The van der Waals surface area contributed by atoms with E-state index in [2.05, 4.69) is 38.2 Å². The van der Waals surface area contributed by atoms with Crippen LogP contribution >= 0.6 is 11.8 Å². The van der Waals surface area contributed by atoms with Crippen molar-refractivity contribution in [1.29, 1.82) is 0 Å². The molecule has 0 unspecified atom stereocenters. The molecule has 164 valence electrons. The molecule has 3 aromatic carbocycles. The van der Waals surface area contributed by atoms with E-state index in [-0.39, 0.29) is 11.8 Å². The molecule has 2 amide bonds. The van der Waals surface area contributed by atoms with Crippen molar-refractivity contribution in [2.75, 3.05) is 18.5 Å². The van der Waals surface area contributed by atoms with Gasteiger partial charge in [0.05, 0.1) is 11.3 Å². The minimum absolute atomic E-state index is 0.0618. The molecule has 5 heteroatoms. The Morgan fingerprint density at radius 3 is 2.44 bits per heavy atom. The van der Waals surface area contributed by atoms with Crippen LogP contribution < -0.4 is 10.2 Å². The zero-order chi connectivity index (χ0) is 22.8.